The molecule has 0 spiro atoms. The highest BCUT2D eigenvalue weighted by Gasteiger charge is 2.28. The van der Waals surface area contributed by atoms with Crippen molar-refractivity contribution in [3.63, 3.8) is 0 Å². The normalized spacial score (nSPS) is 12.8. The minimum atomic E-state index is -4.27. The molecule has 1 N–H and O–H groups in total. The van der Waals surface area contributed by atoms with Gasteiger partial charge in [0.1, 0.15) is 0 Å². The van der Waals surface area contributed by atoms with Gasteiger partial charge in [-0.2, -0.15) is 13.2 Å². The van der Waals surface area contributed by atoms with Crippen molar-refractivity contribution in [1.82, 2.24) is 9.62 Å². The van der Waals surface area contributed by atoms with E-state index >= 15 is 0 Å². The third kappa shape index (κ3) is 8.59. The van der Waals surface area contributed by atoms with Crippen LogP contribution in [-0.2, 0) is 16.6 Å². The standard InChI is InChI=1S/C14H21F3N2O2S2/c1-3-19(23(2,20)21)10-4-9-18-11-12-5-7-13(8-6-12)22-14(15,16)17/h5-8,18H,3-4,9-11H2,1-2H3. The molecule has 0 bridgehead atoms. The van der Waals surface area contributed by atoms with E-state index in [2.05, 4.69) is 5.32 Å². The smallest absolute Gasteiger partial charge is 0.313 e. The van der Waals surface area contributed by atoms with Crippen molar-refractivity contribution in [3.8, 4) is 0 Å². The molecule has 0 atom stereocenters. The number of nitrogens with zero attached hydrogens (tertiary/aromatic N) is 1. The molecule has 0 aliphatic carbocycles. The van der Waals surface area contributed by atoms with Crippen LogP contribution in [0.2, 0.25) is 0 Å². The van der Waals surface area contributed by atoms with Crippen molar-refractivity contribution in [2.75, 3.05) is 25.9 Å². The van der Waals surface area contributed by atoms with E-state index < -0.39 is 15.5 Å². The summed E-state index contributed by atoms with van der Waals surface area (Å²) in [5.41, 5.74) is -3.39. The van der Waals surface area contributed by atoms with E-state index in [4.69, 9.17) is 0 Å². The quantitative estimate of drug-likeness (QED) is 0.536. The van der Waals surface area contributed by atoms with Crippen LogP contribution in [-0.4, -0.2) is 44.1 Å². The highest BCUT2D eigenvalue weighted by atomic mass is 32.2. The first-order valence-electron chi connectivity index (χ1n) is 7.12. The number of halogens is 3. The molecule has 0 aliphatic rings. The van der Waals surface area contributed by atoms with Crippen LogP contribution >= 0.6 is 11.8 Å². The third-order valence-electron chi connectivity index (χ3n) is 3.07. The van der Waals surface area contributed by atoms with Gasteiger partial charge in [0, 0.05) is 24.5 Å². The molecule has 1 aromatic rings. The predicted molar refractivity (Wildman–Crippen MR) is 86.8 cm³/mol. The Balaban J connectivity index is 2.31. The Morgan fingerprint density at radius 1 is 1.22 bits per heavy atom. The largest absolute Gasteiger partial charge is 0.446 e. The molecule has 0 heterocycles. The Morgan fingerprint density at radius 2 is 1.83 bits per heavy atom. The van der Waals surface area contributed by atoms with Gasteiger partial charge in [-0.3, -0.25) is 0 Å². The molecule has 0 fully saturated rings. The Labute approximate surface area is 139 Å². The second-order valence-electron chi connectivity index (χ2n) is 4.98. The van der Waals surface area contributed by atoms with Crippen LogP contribution in [0, 0.1) is 0 Å². The van der Waals surface area contributed by atoms with Crippen LogP contribution in [0.4, 0.5) is 13.2 Å². The summed E-state index contributed by atoms with van der Waals surface area (Å²) in [6.45, 7) is 3.84. The maximum absolute atomic E-state index is 12.2. The molecule has 23 heavy (non-hydrogen) atoms. The molecule has 1 aromatic carbocycles. The van der Waals surface area contributed by atoms with Crippen LogP contribution in [0.3, 0.4) is 0 Å². The zero-order valence-corrected chi connectivity index (χ0v) is 14.7. The summed E-state index contributed by atoms with van der Waals surface area (Å²) in [7, 11) is -3.16. The van der Waals surface area contributed by atoms with Crippen molar-refractivity contribution < 1.29 is 21.6 Å². The highest BCUT2D eigenvalue weighted by molar-refractivity contribution is 8.00. The maximum Gasteiger partial charge on any atom is 0.446 e. The van der Waals surface area contributed by atoms with Crippen molar-refractivity contribution in [3.05, 3.63) is 29.8 Å². The fourth-order valence-corrected chi connectivity index (χ4v) is 3.45. The second-order valence-corrected chi connectivity index (χ2v) is 8.10. The lowest BCUT2D eigenvalue weighted by Gasteiger charge is -2.17. The fraction of sp³-hybridized carbons (Fsp3) is 0.571. The molecule has 1 rings (SSSR count). The van der Waals surface area contributed by atoms with Crippen LogP contribution in [0.5, 0.6) is 0 Å². The first kappa shape index (κ1) is 20.3. The molecule has 4 nitrogen and oxygen atoms in total. The van der Waals surface area contributed by atoms with E-state index in [0.29, 0.717) is 32.6 Å². The summed E-state index contributed by atoms with van der Waals surface area (Å²) in [5, 5.41) is 3.15. The number of alkyl halides is 3. The maximum atomic E-state index is 12.2. The summed E-state index contributed by atoms with van der Waals surface area (Å²) < 4.78 is 60.8. The molecule has 0 aliphatic heterocycles. The second kappa shape index (κ2) is 8.91. The lowest BCUT2D eigenvalue weighted by Crippen LogP contribution is -2.32. The molecule has 0 saturated carbocycles. The minimum Gasteiger partial charge on any atom is -0.313 e. The van der Waals surface area contributed by atoms with Crippen molar-refractivity contribution >= 4 is 21.8 Å². The monoisotopic (exact) mass is 370 g/mol. The van der Waals surface area contributed by atoms with Gasteiger partial charge in [0.25, 0.3) is 0 Å². The molecule has 0 saturated heterocycles. The fourth-order valence-electron chi connectivity index (χ4n) is 1.98. The van der Waals surface area contributed by atoms with Gasteiger partial charge >= 0.3 is 5.51 Å². The van der Waals surface area contributed by atoms with Crippen LogP contribution in [0.15, 0.2) is 29.2 Å². The lowest BCUT2D eigenvalue weighted by atomic mass is 10.2. The van der Waals surface area contributed by atoms with E-state index in [0.717, 1.165) is 5.56 Å². The summed E-state index contributed by atoms with van der Waals surface area (Å²) in [6, 6.07) is 6.18. The molecular formula is C14H21F3N2O2S2. The van der Waals surface area contributed by atoms with Crippen LogP contribution in [0.25, 0.3) is 0 Å². The van der Waals surface area contributed by atoms with Gasteiger partial charge in [-0.15, -0.1) is 0 Å². The Kier molecular flexibility index (Phi) is 7.85. The number of nitrogens with one attached hydrogen (secondary N) is 1. The zero-order chi connectivity index (χ0) is 17.5. The van der Waals surface area contributed by atoms with Gasteiger partial charge in [-0.05, 0) is 42.4 Å². The third-order valence-corrected chi connectivity index (χ3v) is 5.19. The molecule has 0 unspecified atom stereocenters. The van der Waals surface area contributed by atoms with E-state index in [1.54, 1.807) is 19.1 Å². The highest BCUT2D eigenvalue weighted by Crippen LogP contribution is 2.36. The molecule has 0 amide bonds. The molecule has 0 aromatic heterocycles. The van der Waals surface area contributed by atoms with E-state index in [9.17, 15) is 21.6 Å². The number of benzene rings is 1. The first-order valence-corrected chi connectivity index (χ1v) is 9.79. The minimum absolute atomic E-state index is 0.133. The molecule has 9 heteroatoms. The summed E-state index contributed by atoms with van der Waals surface area (Å²) in [4.78, 5) is 0.160. The molecule has 0 radical (unpaired) electrons. The number of thioether (sulfide) groups is 1. The van der Waals surface area contributed by atoms with Crippen LogP contribution in [0.1, 0.15) is 18.9 Å². The SMILES string of the molecule is CCN(CCCNCc1ccc(SC(F)(F)F)cc1)S(C)(=O)=O. The van der Waals surface area contributed by atoms with E-state index in [1.165, 1.54) is 22.7 Å². The predicted octanol–water partition coefficient (Wildman–Crippen LogP) is 3.06. The lowest BCUT2D eigenvalue weighted by molar-refractivity contribution is -0.0328. The van der Waals surface area contributed by atoms with E-state index in [1.807, 2.05) is 0 Å². The van der Waals surface area contributed by atoms with Crippen LogP contribution < -0.4 is 5.32 Å². The van der Waals surface area contributed by atoms with Crippen molar-refractivity contribution in [2.45, 2.75) is 30.3 Å². The topological polar surface area (TPSA) is 49.4 Å². The Bertz CT molecular complexity index is 575. The average molecular weight is 370 g/mol. The Hall–Kier alpha value is -0.770. The molecule has 132 valence electrons. The summed E-state index contributed by atoms with van der Waals surface area (Å²) in [5.74, 6) is 0. The average Bonchev–Trinajstić information content (AvgIpc) is 2.41. The van der Waals surface area contributed by atoms with Gasteiger partial charge in [0.15, 0.2) is 0 Å². The number of hydrogen-bond donors (Lipinski definition) is 1. The van der Waals surface area contributed by atoms with E-state index in [-0.39, 0.29) is 16.7 Å². The van der Waals surface area contributed by atoms with Gasteiger partial charge in [0.2, 0.25) is 10.0 Å². The first-order chi connectivity index (χ1) is 10.6. The molecular weight excluding hydrogens is 349 g/mol. The number of sulfonamides is 1. The Morgan fingerprint density at radius 3 is 2.30 bits per heavy atom. The van der Waals surface area contributed by atoms with Gasteiger partial charge in [-0.25, -0.2) is 12.7 Å². The van der Waals surface area contributed by atoms with Crippen molar-refractivity contribution in [2.24, 2.45) is 0 Å². The van der Waals surface area contributed by atoms with Crippen molar-refractivity contribution in [1.29, 1.82) is 0 Å². The van der Waals surface area contributed by atoms with Gasteiger partial charge in [-0.1, -0.05) is 19.1 Å². The number of rotatable bonds is 9. The zero-order valence-electron chi connectivity index (χ0n) is 13.1. The summed E-state index contributed by atoms with van der Waals surface area (Å²) >= 11 is -0.133. The van der Waals surface area contributed by atoms with Gasteiger partial charge < -0.3 is 5.32 Å². The summed E-state index contributed by atoms with van der Waals surface area (Å²) in [6.07, 6.45) is 1.85. The number of hydrogen-bond acceptors (Lipinski definition) is 4. The van der Waals surface area contributed by atoms with Gasteiger partial charge in [0.05, 0.1) is 6.26 Å².